The smallest absolute Gasteiger partial charge is 0.191 e. The average molecular weight is 479 g/mol. The number of nitrogens with one attached hydrogen (secondary N) is 2. The molecule has 0 aliphatic heterocycles. The standard InChI is InChI=1S/C19H33N3O3.HI/c1-7-20-18(22-13-17(25-6)19(2,3)4)21-12-16(23)14-9-8-10-15(11-14)24-5;/h8-11,16-17,23H,7,12-13H2,1-6H3,(H2,20,21,22);1H. The highest BCUT2D eigenvalue weighted by molar-refractivity contribution is 14.0. The number of aliphatic hydroxyl groups excluding tert-OH is 1. The number of rotatable bonds is 8. The van der Waals surface area contributed by atoms with Gasteiger partial charge >= 0.3 is 0 Å². The molecule has 0 aliphatic rings. The number of aliphatic imine (C=N–C) groups is 1. The van der Waals surface area contributed by atoms with E-state index in [1.807, 2.05) is 31.2 Å². The van der Waals surface area contributed by atoms with E-state index in [0.29, 0.717) is 19.0 Å². The third-order valence-corrected chi connectivity index (χ3v) is 3.95. The van der Waals surface area contributed by atoms with Gasteiger partial charge in [0.1, 0.15) is 5.75 Å². The molecule has 0 saturated carbocycles. The van der Waals surface area contributed by atoms with Gasteiger partial charge in [0.2, 0.25) is 0 Å². The summed E-state index contributed by atoms with van der Waals surface area (Å²) in [5.41, 5.74) is 0.808. The molecule has 0 saturated heterocycles. The number of ether oxygens (including phenoxy) is 2. The van der Waals surface area contributed by atoms with E-state index in [2.05, 4.69) is 36.4 Å². The van der Waals surface area contributed by atoms with E-state index in [1.54, 1.807) is 14.2 Å². The molecule has 0 aromatic heterocycles. The Morgan fingerprint density at radius 3 is 2.46 bits per heavy atom. The van der Waals surface area contributed by atoms with E-state index in [-0.39, 0.29) is 35.5 Å². The molecule has 2 unspecified atom stereocenters. The van der Waals surface area contributed by atoms with Crippen LogP contribution in [0.15, 0.2) is 29.3 Å². The van der Waals surface area contributed by atoms with Crippen molar-refractivity contribution in [1.29, 1.82) is 0 Å². The van der Waals surface area contributed by atoms with Crippen molar-refractivity contribution >= 4 is 29.9 Å². The van der Waals surface area contributed by atoms with Gasteiger partial charge in [-0.05, 0) is 30.0 Å². The van der Waals surface area contributed by atoms with E-state index in [4.69, 9.17) is 9.47 Å². The quantitative estimate of drug-likeness (QED) is 0.304. The molecular weight excluding hydrogens is 445 g/mol. The Balaban J connectivity index is 0.00000625. The Morgan fingerprint density at radius 2 is 1.92 bits per heavy atom. The van der Waals surface area contributed by atoms with Crippen LogP contribution in [0.5, 0.6) is 5.75 Å². The molecule has 2 atom stereocenters. The van der Waals surface area contributed by atoms with Crippen LogP contribution in [-0.4, -0.2) is 51.0 Å². The van der Waals surface area contributed by atoms with Crippen LogP contribution in [0, 0.1) is 5.41 Å². The van der Waals surface area contributed by atoms with Crippen molar-refractivity contribution in [3.8, 4) is 5.75 Å². The second-order valence-electron chi connectivity index (χ2n) is 6.98. The molecule has 1 aromatic rings. The lowest BCUT2D eigenvalue weighted by molar-refractivity contribution is 0.0241. The van der Waals surface area contributed by atoms with E-state index < -0.39 is 6.10 Å². The van der Waals surface area contributed by atoms with Gasteiger partial charge in [0.25, 0.3) is 0 Å². The first-order valence-electron chi connectivity index (χ1n) is 8.68. The molecule has 3 N–H and O–H groups in total. The normalized spacial score (nSPS) is 14.2. The highest BCUT2D eigenvalue weighted by Gasteiger charge is 2.24. The van der Waals surface area contributed by atoms with Crippen molar-refractivity contribution in [1.82, 2.24) is 10.6 Å². The number of halogens is 1. The first-order chi connectivity index (χ1) is 11.8. The summed E-state index contributed by atoms with van der Waals surface area (Å²) in [7, 11) is 3.32. The van der Waals surface area contributed by atoms with Crippen molar-refractivity contribution in [2.24, 2.45) is 10.4 Å². The second kappa shape index (κ2) is 12.3. The second-order valence-corrected chi connectivity index (χ2v) is 6.98. The van der Waals surface area contributed by atoms with E-state index in [9.17, 15) is 5.11 Å². The molecule has 0 aliphatic carbocycles. The monoisotopic (exact) mass is 479 g/mol. The Kier molecular flexibility index (Phi) is 11.8. The van der Waals surface area contributed by atoms with Crippen LogP contribution in [-0.2, 0) is 4.74 Å². The topological polar surface area (TPSA) is 75.1 Å². The van der Waals surface area contributed by atoms with E-state index >= 15 is 0 Å². The van der Waals surface area contributed by atoms with Crippen molar-refractivity contribution in [2.45, 2.75) is 39.9 Å². The number of hydrogen-bond acceptors (Lipinski definition) is 4. The van der Waals surface area contributed by atoms with Crippen LogP contribution in [0.4, 0.5) is 0 Å². The summed E-state index contributed by atoms with van der Waals surface area (Å²) >= 11 is 0. The Bertz CT molecular complexity index is 547. The maximum Gasteiger partial charge on any atom is 0.191 e. The minimum absolute atomic E-state index is 0. The van der Waals surface area contributed by atoms with Gasteiger partial charge in [-0.1, -0.05) is 32.9 Å². The van der Waals surface area contributed by atoms with Crippen LogP contribution in [0.1, 0.15) is 39.4 Å². The largest absolute Gasteiger partial charge is 0.497 e. The molecule has 0 heterocycles. The molecule has 0 spiro atoms. The lowest BCUT2D eigenvalue weighted by atomic mass is 9.89. The van der Waals surface area contributed by atoms with Crippen LogP contribution in [0.3, 0.4) is 0 Å². The molecule has 0 amide bonds. The Morgan fingerprint density at radius 1 is 1.23 bits per heavy atom. The SMILES string of the molecule is CCNC(=NCC(OC)C(C)(C)C)NCC(O)c1cccc(OC)c1.I. The number of aliphatic hydroxyl groups is 1. The fraction of sp³-hybridized carbons (Fsp3) is 0.632. The summed E-state index contributed by atoms with van der Waals surface area (Å²) in [6, 6.07) is 7.42. The molecule has 0 bridgehead atoms. The molecule has 7 heteroatoms. The van der Waals surface area contributed by atoms with Gasteiger partial charge in [-0.2, -0.15) is 0 Å². The zero-order valence-electron chi connectivity index (χ0n) is 16.7. The lowest BCUT2D eigenvalue weighted by Crippen LogP contribution is -2.41. The summed E-state index contributed by atoms with van der Waals surface area (Å²) in [6.45, 7) is 10.0. The first-order valence-corrected chi connectivity index (χ1v) is 8.68. The number of benzene rings is 1. The first kappa shape index (κ1) is 24.9. The fourth-order valence-electron chi connectivity index (χ4n) is 2.38. The molecule has 6 nitrogen and oxygen atoms in total. The molecule has 26 heavy (non-hydrogen) atoms. The number of methoxy groups -OCH3 is 2. The van der Waals surface area contributed by atoms with Gasteiger partial charge in [0, 0.05) is 20.2 Å². The van der Waals surface area contributed by atoms with Gasteiger partial charge in [0.05, 0.1) is 25.9 Å². The summed E-state index contributed by atoms with van der Waals surface area (Å²) < 4.78 is 10.7. The fourth-order valence-corrected chi connectivity index (χ4v) is 2.38. The maximum absolute atomic E-state index is 10.4. The highest BCUT2D eigenvalue weighted by atomic mass is 127. The molecular formula is C19H34IN3O3. The average Bonchev–Trinajstić information content (AvgIpc) is 2.58. The van der Waals surface area contributed by atoms with Crippen molar-refractivity contribution in [2.75, 3.05) is 33.9 Å². The third kappa shape index (κ3) is 8.55. The van der Waals surface area contributed by atoms with Crippen molar-refractivity contribution < 1.29 is 14.6 Å². The minimum atomic E-state index is -0.653. The summed E-state index contributed by atoms with van der Waals surface area (Å²) in [6.07, 6.45) is -0.633. The molecule has 0 fully saturated rings. The van der Waals surface area contributed by atoms with Crippen LogP contribution < -0.4 is 15.4 Å². The predicted octanol–water partition coefficient (Wildman–Crippen LogP) is 2.96. The molecule has 0 radical (unpaired) electrons. The lowest BCUT2D eigenvalue weighted by Gasteiger charge is -2.28. The minimum Gasteiger partial charge on any atom is -0.497 e. The van der Waals surface area contributed by atoms with E-state index in [0.717, 1.165) is 17.9 Å². The molecule has 1 aromatic carbocycles. The summed E-state index contributed by atoms with van der Waals surface area (Å²) in [5.74, 6) is 1.39. The maximum atomic E-state index is 10.4. The molecule has 1 rings (SSSR count). The molecule has 150 valence electrons. The predicted molar refractivity (Wildman–Crippen MR) is 118 cm³/mol. The van der Waals surface area contributed by atoms with Gasteiger partial charge in [-0.25, -0.2) is 0 Å². The van der Waals surface area contributed by atoms with Crippen LogP contribution in [0.25, 0.3) is 0 Å². The van der Waals surface area contributed by atoms with Crippen LogP contribution in [0.2, 0.25) is 0 Å². The third-order valence-electron chi connectivity index (χ3n) is 3.95. The van der Waals surface area contributed by atoms with Crippen molar-refractivity contribution in [3.63, 3.8) is 0 Å². The Hall–Kier alpha value is -1.06. The van der Waals surface area contributed by atoms with E-state index in [1.165, 1.54) is 0 Å². The van der Waals surface area contributed by atoms with Gasteiger partial charge < -0.3 is 25.2 Å². The number of nitrogens with zero attached hydrogens (tertiary/aromatic N) is 1. The Labute approximate surface area is 174 Å². The summed E-state index contributed by atoms with van der Waals surface area (Å²) in [4.78, 5) is 4.58. The zero-order valence-corrected chi connectivity index (χ0v) is 19.0. The zero-order chi connectivity index (χ0) is 18.9. The number of hydrogen-bond donors (Lipinski definition) is 3. The highest BCUT2D eigenvalue weighted by Crippen LogP contribution is 2.22. The summed E-state index contributed by atoms with van der Waals surface area (Å²) in [5, 5.41) is 16.8. The number of guanidine groups is 1. The van der Waals surface area contributed by atoms with Gasteiger partial charge in [-0.15, -0.1) is 24.0 Å². The van der Waals surface area contributed by atoms with Crippen molar-refractivity contribution in [3.05, 3.63) is 29.8 Å². The van der Waals surface area contributed by atoms with Gasteiger partial charge in [-0.3, -0.25) is 4.99 Å². The van der Waals surface area contributed by atoms with Gasteiger partial charge in [0.15, 0.2) is 5.96 Å². The van der Waals surface area contributed by atoms with Crippen LogP contribution >= 0.6 is 24.0 Å².